The van der Waals surface area contributed by atoms with E-state index < -0.39 is 0 Å². The highest BCUT2D eigenvalue weighted by atomic mass is 33.1. The molecule has 0 atom stereocenters. The standard InChI is InChI=1S/C6H13BS2/c1-5-8-9-7(4)6(2)3/h2,5H2,1,3-4H3. The third-order valence-electron chi connectivity index (χ3n) is 1.02. The molecule has 0 aromatic carbocycles. The average molecular weight is 160 g/mol. The highest BCUT2D eigenvalue weighted by Crippen LogP contribution is 2.26. The first-order valence-corrected chi connectivity index (χ1v) is 5.50. The molecule has 0 aliphatic rings. The fraction of sp³-hybridized carbons (Fsp3) is 0.667. The quantitative estimate of drug-likeness (QED) is 0.457. The van der Waals surface area contributed by atoms with E-state index in [-0.39, 0.29) is 0 Å². The third kappa shape index (κ3) is 4.98. The van der Waals surface area contributed by atoms with Crippen molar-refractivity contribution in [2.45, 2.75) is 20.7 Å². The van der Waals surface area contributed by atoms with E-state index in [4.69, 9.17) is 0 Å². The summed E-state index contributed by atoms with van der Waals surface area (Å²) in [7, 11) is 3.80. The molecule has 0 nitrogen and oxygen atoms in total. The molecule has 0 radical (unpaired) electrons. The van der Waals surface area contributed by atoms with Crippen LogP contribution in [0.4, 0.5) is 0 Å². The van der Waals surface area contributed by atoms with Crippen LogP contribution in [0, 0.1) is 0 Å². The van der Waals surface area contributed by atoms with Crippen LogP contribution >= 0.6 is 21.4 Å². The SMILES string of the molecule is C=C(C)B(C)SSCC. The summed E-state index contributed by atoms with van der Waals surface area (Å²) in [5.74, 6) is 1.79. The van der Waals surface area contributed by atoms with Crippen molar-refractivity contribution in [2.75, 3.05) is 5.75 Å². The zero-order chi connectivity index (χ0) is 7.28. The van der Waals surface area contributed by atoms with Gasteiger partial charge in [0.05, 0.1) is 0 Å². The van der Waals surface area contributed by atoms with Crippen molar-refractivity contribution in [3.05, 3.63) is 12.1 Å². The van der Waals surface area contributed by atoms with Crippen LogP contribution in [0.2, 0.25) is 6.82 Å². The van der Waals surface area contributed by atoms with E-state index in [0.29, 0.717) is 5.99 Å². The van der Waals surface area contributed by atoms with Gasteiger partial charge in [0.15, 0.2) is 0 Å². The van der Waals surface area contributed by atoms with E-state index in [2.05, 4.69) is 27.2 Å². The molecule has 52 valence electrons. The van der Waals surface area contributed by atoms with Crippen LogP contribution in [0.1, 0.15) is 13.8 Å². The second-order valence-corrected chi connectivity index (χ2v) is 4.99. The summed E-state index contributed by atoms with van der Waals surface area (Å²) < 4.78 is 0. The zero-order valence-corrected chi connectivity index (χ0v) is 7.94. The molecule has 0 aliphatic heterocycles. The average Bonchev–Trinajstić information content (AvgIpc) is 1.82. The molecule has 0 rings (SSSR count). The Morgan fingerprint density at radius 3 is 2.56 bits per heavy atom. The van der Waals surface area contributed by atoms with Gasteiger partial charge in [0.2, 0.25) is 5.99 Å². The minimum atomic E-state index is 0.606. The van der Waals surface area contributed by atoms with Crippen LogP contribution in [0.25, 0.3) is 0 Å². The summed E-state index contributed by atoms with van der Waals surface area (Å²) in [5.41, 5.74) is 1.26. The van der Waals surface area contributed by atoms with Gasteiger partial charge in [-0.05, 0) is 5.75 Å². The smallest absolute Gasteiger partial charge is 0.140 e. The number of hydrogen-bond acceptors (Lipinski definition) is 2. The topological polar surface area (TPSA) is 0 Å². The normalized spacial score (nSPS) is 9.22. The van der Waals surface area contributed by atoms with Gasteiger partial charge in [0, 0.05) is 0 Å². The highest BCUT2D eigenvalue weighted by molar-refractivity contribution is 8.86. The third-order valence-corrected chi connectivity index (χ3v) is 4.07. The van der Waals surface area contributed by atoms with Gasteiger partial charge >= 0.3 is 0 Å². The Morgan fingerprint density at radius 2 is 2.22 bits per heavy atom. The van der Waals surface area contributed by atoms with Gasteiger partial charge in [0.1, 0.15) is 0 Å². The first-order valence-electron chi connectivity index (χ1n) is 3.12. The predicted molar refractivity (Wildman–Crippen MR) is 52.2 cm³/mol. The van der Waals surface area contributed by atoms with Gasteiger partial charge in [-0.3, -0.25) is 0 Å². The van der Waals surface area contributed by atoms with Crippen LogP contribution in [0.5, 0.6) is 0 Å². The Hall–Kier alpha value is 0.505. The molecule has 0 unspecified atom stereocenters. The van der Waals surface area contributed by atoms with E-state index in [1.807, 2.05) is 21.4 Å². The van der Waals surface area contributed by atoms with Gasteiger partial charge in [-0.1, -0.05) is 26.1 Å². The number of allylic oxidation sites excluding steroid dienone is 1. The molecular weight excluding hydrogens is 147 g/mol. The van der Waals surface area contributed by atoms with Gasteiger partial charge in [0.25, 0.3) is 0 Å². The molecule has 0 aliphatic carbocycles. The zero-order valence-electron chi connectivity index (χ0n) is 6.31. The first-order chi connectivity index (χ1) is 4.18. The largest absolute Gasteiger partial charge is 0.248 e. The molecule has 0 aromatic heterocycles. The molecule has 0 saturated carbocycles. The molecule has 0 heterocycles. The fourth-order valence-electron chi connectivity index (χ4n) is 0.252. The second-order valence-electron chi connectivity index (χ2n) is 1.99. The van der Waals surface area contributed by atoms with Crippen molar-refractivity contribution in [2.24, 2.45) is 0 Å². The molecule has 0 N–H and O–H groups in total. The van der Waals surface area contributed by atoms with Crippen molar-refractivity contribution >= 4 is 27.4 Å². The summed E-state index contributed by atoms with van der Waals surface area (Å²) >= 11 is 0. The summed E-state index contributed by atoms with van der Waals surface area (Å²) in [6.45, 7) is 10.3. The minimum Gasteiger partial charge on any atom is -0.140 e. The van der Waals surface area contributed by atoms with Crippen LogP contribution < -0.4 is 0 Å². The summed E-state index contributed by atoms with van der Waals surface area (Å²) in [6, 6.07) is 0. The Balaban J connectivity index is 3.27. The predicted octanol–water partition coefficient (Wildman–Crippen LogP) is 3.12. The van der Waals surface area contributed by atoms with Gasteiger partial charge in [-0.25, -0.2) is 0 Å². The van der Waals surface area contributed by atoms with Gasteiger partial charge in [-0.15, -0.1) is 28.0 Å². The van der Waals surface area contributed by atoms with Crippen LogP contribution in [-0.2, 0) is 0 Å². The first kappa shape index (κ1) is 9.50. The fourth-order valence-corrected chi connectivity index (χ4v) is 2.27. The summed E-state index contributed by atoms with van der Waals surface area (Å²) in [5, 5.41) is 0. The molecule has 0 saturated heterocycles. The van der Waals surface area contributed by atoms with Crippen molar-refractivity contribution in [1.82, 2.24) is 0 Å². The van der Waals surface area contributed by atoms with E-state index in [1.165, 1.54) is 11.2 Å². The molecule has 0 bridgehead atoms. The van der Waals surface area contributed by atoms with Gasteiger partial charge in [-0.2, -0.15) is 0 Å². The molecule has 0 fully saturated rings. The van der Waals surface area contributed by atoms with Gasteiger partial charge < -0.3 is 0 Å². The van der Waals surface area contributed by atoms with E-state index in [9.17, 15) is 0 Å². The van der Waals surface area contributed by atoms with Crippen LogP contribution in [-0.4, -0.2) is 11.7 Å². The van der Waals surface area contributed by atoms with Crippen molar-refractivity contribution in [3.63, 3.8) is 0 Å². The van der Waals surface area contributed by atoms with Crippen LogP contribution in [0.15, 0.2) is 12.1 Å². The molecule has 3 heteroatoms. The summed E-state index contributed by atoms with van der Waals surface area (Å²) in [6.07, 6.45) is 0. The Morgan fingerprint density at radius 1 is 1.67 bits per heavy atom. The highest BCUT2D eigenvalue weighted by Gasteiger charge is 2.06. The van der Waals surface area contributed by atoms with Crippen molar-refractivity contribution in [1.29, 1.82) is 0 Å². The van der Waals surface area contributed by atoms with Crippen molar-refractivity contribution in [3.8, 4) is 0 Å². The molecular formula is C6H13BS2. The van der Waals surface area contributed by atoms with Crippen LogP contribution in [0.3, 0.4) is 0 Å². The molecule has 0 amide bonds. The lowest BCUT2D eigenvalue weighted by molar-refractivity contribution is 1.54. The lowest BCUT2D eigenvalue weighted by Crippen LogP contribution is -1.99. The van der Waals surface area contributed by atoms with E-state index >= 15 is 0 Å². The minimum absolute atomic E-state index is 0.606. The van der Waals surface area contributed by atoms with E-state index in [0.717, 1.165) is 0 Å². The second kappa shape index (κ2) is 5.30. The lowest BCUT2D eigenvalue weighted by Gasteiger charge is -2.03. The van der Waals surface area contributed by atoms with E-state index in [1.54, 1.807) is 0 Å². The Kier molecular flexibility index (Phi) is 5.60. The molecule has 0 aromatic rings. The Labute approximate surface area is 66.2 Å². The number of rotatable bonds is 4. The summed E-state index contributed by atoms with van der Waals surface area (Å²) in [4.78, 5) is 0. The maximum Gasteiger partial charge on any atom is 0.248 e. The number of hydrogen-bond donors (Lipinski definition) is 0. The monoisotopic (exact) mass is 160 g/mol. The maximum absolute atomic E-state index is 3.87. The molecule has 0 spiro atoms. The molecule has 9 heavy (non-hydrogen) atoms. The Bertz CT molecular complexity index is 93.1. The van der Waals surface area contributed by atoms with Crippen molar-refractivity contribution < 1.29 is 0 Å². The maximum atomic E-state index is 3.87. The lowest BCUT2D eigenvalue weighted by atomic mass is 9.72.